The Morgan fingerprint density at radius 1 is 1.08 bits per heavy atom. The summed E-state index contributed by atoms with van der Waals surface area (Å²) in [6.07, 6.45) is 12.1. The molecule has 2 aromatic carbocycles. The number of β-amino-alcohol motifs (C(OH)–C–C–N with tert-alkyl or cyclic N) is 1. The number of nitrogens with zero attached hydrogens (tertiary/aromatic N) is 6. The first kappa shape index (κ1) is 34.7. The minimum Gasteiger partial charge on any atom is -0.391 e. The molecule has 0 spiro atoms. The van der Waals surface area contributed by atoms with Crippen LogP contribution < -0.4 is 16.0 Å². The van der Waals surface area contributed by atoms with E-state index in [4.69, 9.17) is 15.0 Å². The molecule has 0 unspecified atom stereocenters. The number of carbonyl (C=O) groups is 1. The van der Waals surface area contributed by atoms with Gasteiger partial charge in [0.15, 0.2) is 11.4 Å². The van der Waals surface area contributed by atoms with Crippen LogP contribution in [0.1, 0.15) is 62.1 Å². The van der Waals surface area contributed by atoms with Gasteiger partial charge >= 0.3 is 0 Å². The zero-order valence-electron chi connectivity index (χ0n) is 29.7. The first-order chi connectivity index (χ1) is 24.9. The molecule has 5 aromatic rings. The van der Waals surface area contributed by atoms with E-state index in [1.54, 1.807) is 10.6 Å². The van der Waals surface area contributed by atoms with Gasteiger partial charge in [-0.25, -0.2) is 0 Å². The van der Waals surface area contributed by atoms with Crippen molar-refractivity contribution in [2.45, 2.75) is 64.5 Å². The first-order valence-electron chi connectivity index (χ1n) is 18.4. The molecule has 11 nitrogen and oxygen atoms in total. The Labute approximate surface area is 299 Å². The van der Waals surface area contributed by atoms with Crippen molar-refractivity contribution in [3.63, 3.8) is 0 Å². The number of pyridine rings is 1. The summed E-state index contributed by atoms with van der Waals surface area (Å²) < 4.78 is 1.77. The van der Waals surface area contributed by atoms with Crippen molar-refractivity contribution in [3.8, 4) is 11.3 Å². The minimum absolute atomic E-state index is 0.121. The maximum Gasteiger partial charge on any atom is 0.229 e. The summed E-state index contributed by atoms with van der Waals surface area (Å²) in [6.45, 7) is 9.91. The van der Waals surface area contributed by atoms with E-state index in [2.05, 4.69) is 64.1 Å². The van der Waals surface area contributed by atoms with Gasteiger partial charge in [0, 0.05) is 61.2 Å². The Bertz CT molecular complexity index is 2000. The number of aliphatic hydroxyl groups excluding tert-OH is 1. The highest BCUT2D eigenvalue weighted by molar-refractivity contribution is 5.97. The fourth-order valence-electron chi connectivity index (χ4n) is 7.22. The quantitative estimate of drug-likeness (QED) is 0.116. The zero-order valence-corrected chi connectivity index (χ0v) is 29.7. The lowest BCUT2D eigenvalue weighted by molar-refractivity contribution is -0.114. The molecule has 0 radical (unpaired) electrons. The number of anilines is 2. The van der Waals surface area contributed by atoms with E-state index in [1.807, 2.05) is 42.7 Å². The van der Waals surface area contributed by atoms with Crippen LogP contribution in [-0.2, 0) is 17.8 Å². The fraction of sp³-hybridized carbons (Fsp3) is 0.425. The second kappa shape index (κ2) is 16.1. The molecular weight excluding hydrogens is 639 g/mol. The maximum atomic E-state index is 12.8. The average Bonchev–Trinajstić information content (AvgIpc) is 3.58. The second-order valence-corrected chi connectivity index (χ2v) is 14.2. The van der Waals surface area contributed by atoms with Gasteiger partial charge < -0.3 is 21.1 Å². The van der Waals surface area contributed by atoms with Crippen LogP contribution in [0, 0.1) is 5.92 Å². The Hall–Kier alpha value is -4.71. The van der Waals surface area contributed by atoms with Crippen LogP contribution in [0.5, 0.6) is 0 Å². The molecule has 3 aromatic heterocycles. The molecule has 266 valence electrons. The lowest BCUT2D eigenvalue weighted by Crippen LogP contribution is -2.43. The average molecular weight is 688 g/mol. The van der Waals surface area contributed by atoms with Crippen LogP contribution in [0.2, 0.25) is 0 Å². The normalized spacial score (nSPS) is 18.6. The van der Waals surface area contributed by atoms with Gasteiger partial charge in [-0.1, -0.05) is 68.8 Å². The Balaban J connectivity index is 1.09. The van der Waals surface area contributed by atoms with E-state index in [1.165, 1.54) is 19.3 Å². The summed E-state index contributed by atoms with van der Waals surface area (Å²) in [5, 5.41) is 27.4. The highest BCUT2D eigenvalue weighted by atomic mass is 16.3. The van der Waals surface area contributed by atoms with E-state index < -0.39 is 6.10 Å². The third-order valence-corrected chi connectivity index (χ3v) is 10.2. The van der Waals surface area contributed by atoms with E-state index in [-0.39, 0.29) is 17.6 Å². The van der Waals surface area contributed by atoms with E-state index in [0.717, 1.165) is 77.0 Å². The Morgan fingerprint density at radius 2 is 1.94 bits per heavy atom. The van der Waals surface area contributed by atoms with Crippen molar-refractivity contribution in [3.05, 3.63) is 89.8 Å². The summed E-state index contributed by atoms with van der Waals surface area (Å²) in [7, 11) is 0. The standard InChI is InChI=1S/C40H49N9O2/c1-27(2)35-25-45-49-38(35)46-39(43-24-31-14-16-41-26-36(31)51)47-40(49)44-23-30-9-4-5-11-33(30)37-34-13-12-28(21-29(34)15-17-42-37)22-32(50)10-8-20-48-18-6-3-7-19-48/h4-5,8-13,15,17,21,25,27,31,36,41,51H,3,6-7,14,16,18-20,22-24,26H2,1-2H3,(H2,43,44,46,47)/b10-8+/t31-,36+/m1/s1. The van der Waals surface area contributed by atoms with Gasteiger partial charge in [-0.2, -0.15) is 19.6 Å². The lowest BCUT2D eigenvalue weighted by atomic mass is 9.95. The van der Waals surface area contributed by atoms with Gasteiger partial charge in [-0.3, -0.25) is 14.7 Å². The number of hydrogen-bond acceptors (Lipinski definition) is 10. The molecule has 7 rings (SSSR count). The highest BCUT2D eigenvalue weighted by Crippen LogP contribution is 2.31. The molecule has 51 heavy (non-hydrogen) atoms. The van der Waals surface area contributed by atoms with Crippen molar-refractivity contribution in [2.24, 2.45) is 5.92 Å². The summed E-state index contributed by atoms with van der Waals surface area (Å²) in [4.78, 5) is 29.8. The fourth-order valence-corrected chi connectivity index (χ4v) is 7.22. The monoisotopic (exact) mass is 687 g/mol. The molecule has 0 saturated carbocycles. The highest BCUT2D eigenvalue weighted by Gasteiger charge is 2.23. The Kier molecular flexibility index (Phi) is 11.0. The molecule has 2 aliphatic heterocycles. The number of likely N-dealkylation sites (tertiary alicyclic amines) is 1. The van der Waals surface area contributed by atoms with Crippen LogP contribution >= 0.6 is 0 Å². The largest absolute Gasteiger partial charge is 0.391 e. The number of ketones is 1. The number of aliphatic hydroxyl groups is 1. The number of carbonyl (C=O) groups excluding carboxylic acids is 1. The van der Waals surface area contributed by atoms with Crippen molar-refractivity contribution in [1.29, 1.82) is 0 Å². The van der Waals surface area contributed by atoms with Crippen molar-refractivity contribution in [2.75, 3.05) is 49.9 Å². The molecule has 2 saturated heterocycles. The number of piperidine rings is 2. The van der Waals surface area contributed by atoms with Crippen LogP contribution in [0.25, 0.3) is 27.7 Å². The number of hydrogen-bond donors (Lipinski definition) is 4. The van der Waals surface area contributed by atoms with Gasteiger partial charge in [-0.15, -0.1) is 0 Å². The summed E-state index contributed by atoms with van der Waals surface area (Å²) in [5.41, 5.74) is 5.76. The molecule has 4 N–H and O–H groups in total. The molecule has 2 aliphatic rings. The molecule has 2 fully saturated rings. The predicted octanol–water partition coefficient (Wildman–Crippen LogP) is 5.61. The molecule has 11 heteroatoms. The summed E-state index contributed by atoms with van der Waals surface area (Å²) in [6, 6.07) is 16.5. The molecule has 0 aliphatic carbocycles. The number of nitrogens with one attached hydrogen (secondary N) is 3. The van der Waals surface area contributed by atoms with Crippen LogP contribution in [0.15, 0.2) is 73.1 Å². The van der Waals surface area contributed by atoms with Crippen LogP contribution in [0.4, 0.5) is 11.9 Å². The van der Waals surface area contributed by atoms with E-state index >= 15 is 0 Å². The third kappa shape index (κ3) is 8.27. The lowest BCUT2D eigenvalue weighted by Gasteiger charge is -2.28. The number of rotatable bonds is 13. The minimum atomic E-state index is -0.404. The first-order valence-corrected chi connectivity index (χ1v) is 18.4. The van der Waals surface area contributed by atoms with E-state index in [9.17, 15) is 9.90 Å². The molecule has 0 amide bonds. The molecular formula is C40H49N9O2. The van der Waals surface area contributed by atoms with Crippen molar-refractivity contribution >= 4 is 34.1 Å². The predicted molar refractivity (Wildman–Crippen MR) is 203 cm³/mol. The number of fused-ring (bicyclic) bond motifs is 2. The molecule has 2 atom stereocenters. The smallest absolute Gasteiger partial charge is 0.229 e. The molecule has 0 bridgehead atoms. The number of allylic oxidation sites excluding steroid dienone is 1. The third-order valence-electron chi connectivity index (χ3n) is 10.2. The van der Waals surface area contributed by atoms with Gasteiger partial charge in [0.2, 0.25) is 11.9 Å². The topological polar surface area (TPSA) is 133 Å². The zero-order chi connectivity index (χ0) is 35.2. The van der Waals surface area contributed by atoms with Gasteiger partial charge in [0.1, 0.15) is 0 Å². The Morgan fingerprint density at radius 3 is 2.78 bits per heavy atom. The van der Waals surface area contributed by atoms with Gasteiger partial charge in [-0.05, 0) is 73.5 Å². The SMILES string of the molecule is CC(C)c1cnn2c(NCc3ccccc3-c3nccc4cc(CC(=O)/C=C/CN5CCCCC5)ccc34)nc(NC[C@H]3CCNC[C@@H]3O)nc12. The van der Waals surface area contributed by atoms with Crippen LogP contribution in [0.3, 0.4) is 0 Å². The van der Waals surface area contributed by atoms with Gasteiger partial charge in [0.25, 0.3) is 0 Å². The van der Waals surface area contributed by atoms with Gasteiger partial charge in [0.05, 0.1) is 18.0 Å². The van der Waals surface area contributed by atoms with Crippen molar-refractivity contribution in [1.82, 2.24) is 34.8 Å². The van der Waals surface area contributed by atoms with E-state index in [0.29, 0.717) is 38.0 Å². The number of aromatic nitrogens is 5. The summed E-state index contributed by atoms with van der Waals surface area (Å²) in [5.74, 6) is 1.58. The van der Waals surface area contributed by atoms with Crippen molar-refractivity contribution < 1.29 is 9.90 Å². The maximum absolute atomic E-state index is 12.8. The van der Waals surface area contributed by atoms with Crippen LogP contribution in [-0.4, -0.2) is 85.7 Å². The summed E-state index contributed by atoms with van der Waals surface area (Å²) >= 11 is 0. The second-order valence-electron chi connectivity index (χ2n) is 14.2. The molecule has 5 heterocycles. The number of benzene rings is 2.